The van der Waals surface area contributed by atoms with Gasteiger partial charge in [-0.15, -0.1) is 5.10 Å². The zero-order valence-corrected chi connectivity index (χ0v) is 16.7. The lowest BCUT2D eigenvalue weighted by atomic mass is 10.00. The predicted octanol–water partition coefficient (Wildman–Crippen LogP) is 2.67. The second kappa shape index (κ2) is 7.79. The highest BCUT2D eigenvalue weighted by Gasteiger charge is 2.38. The van der Waals surface area contributed by atoms with Crippen LogP contribution in [0.2, 0.25) is 0 Å². The number of rotatable bonds is 5. The Hall–Kier alpha value is -1.99. The van der Waals surface area contributed by atoms with E-state index in [-0.39, 0.29) is 6.04 Å². The number of tetrazole rings is 1. The van der Waals surface area contributed by atoms with Crippen LogP contribution >= 0.6 is 0 Å². The molecule has 2 saturated heterocycles. The summed E-state index contributed by atoms with van der Waals surface area (Å²) in [6.45, 7) is 4.48. The van der Waals surface area contributed by atoms with Crippen molar-refractivity contribution in [2.75, 3.05) is 33.3 Å². The number of piperazine rings is 1. The highest BCUT2D eigenvalue weighted by atomic mass is 16.5. The fourth-order valence-electron chi connectivity index (χ4n) is 5.43. The molecule has 0 amide bonds. The van der Waals surface area contributed by atoms with Gasteiger partial charge in [-0.3, -0.25) is 9.80 Å². The number of hydrogen-bond donors (Lipinski definition) is 0. The van der Waals surface area contributed by atoms with Gasteiger partial charge >= 0.3 is 0 Å². The van der Waals surface area contributed by atoms with E-state index < -0.39 is 0 Å². The first kappa shape index (κ1) is 18.1. The Morgan fingerprint density at radius 2 is 1.82 bits per heavy atom. The molecule has 3 fully saturated rings. The Labute approximate surface area is 166 Å². The van der Waals surface area contributed by atoms with Crippen molar-refractivity contribution in [2.45, 2.75) is 56.7 Å². The van der Waals surface area contributed by atoms with Crippen LogP contribution in [0.4, 0.5) is 0 Å². The average Bonchev–Trinajstić information content (AvgIpc) is 3.49. The van der Waals surface area contributed by atoms with Gasteiger partial charge in [0.1, 0.15) is 11.8 Å². The van der Waals surface area contributed by atoms with Gasteiger partial charge in [0, 0.05) is 31.2 Å². The molecule has 0 spiro atoms. The lowest BCUT2D eigenvalue weighted by molar-refractivity contribution is 0.0778. The summed E-state index contributed by atoms with van der Waals surface area (Å²) in [6, 6.07) is 9.48. The van der Waals surface area contributed by atoms with Gasteiger partial charge in [0.25, 0.3) is 0 Å². The van der Waals surface area contributed by atoms with Crippen LogP contribution in [0.25, 0.3) is 0 Å². The van der Waals surface area contributed by atoms with E-state index >= 15 is 0 Å². The molecular weight excluding hydrogens is 352 g/mol. The van der Waals surface area contributed by atoms with Crippen molar-refractivity contribution < 1.29 is 4.74 Å². The number of methoxy groups -OCH3 is 1. The summed E-state index contributed by atoms with van der Waals surface area (Å²) in [6.07, 6.45) is 7.49. The summed E-state index contributed by atoms with van der Waals surface area (Å²) >= 11 is 0. The predicted molar refractivity (Wildman–Crippen MR) is 106 cm³/mol. The van der Waals surface area contributed by atoms with E-state index in [0.29, 0.717) is 12.1 Å². The van der Waals surface area contributed by atoms with E-state index in [1.807, 2.05) is 6.07 Å². The Morgan fingerprint density at radius 3 is 2.68 bits per heavy atom. The number of fused-ring (bicyclic) bond motifs is 1. The van der Waals surface area contributed by atoms with E-state index in [4.69, 9.17) is 4.74 Å². The number of benzene rings is 1. The van der Waals surface area contributed by atoms with E-state index in [2.05, 4.69) is 48.2 Å². The monoisotopic (exact) mass is 382 g/mol. The Balaban J connectivity index is 1.55. The van der Waals surface area contributed by atoms with Crippen LogP contribution in [-0.2, 0) is 0 Å². The molecule has 7 nitrogen and oxygen atoms in total. The standard InChI is InChI=1S/C21H30N6O/c1-28-19-11-5-4-10-18(19)20(26-14-13-25-12-6-9-17(25)15-26)21-22-23-24-27(21)16-7-2-3-8-16/h4-5,10-11,16-17,20H,2-3,6-9,12-15H2,1H3/t17-,20-/m1/s1. The second-order valence-electron chi connectivity index (χ2n) is 8.39. The highest BCUT2D eigenvalue weighted by Crippen LogP contribution is 2.38. The maximum absolute atomic E-state index is 5.75. The van der Waals surface area contributed by atoms with Crippen molar-refractivity contribution >= 4 is 0 Å². The van der Waals surface area contributed by atoms with Gasteiger partial charge in [0.05, 0.1) is 13.2 Å². The Bertz CT molecular complexity index is 802. The zero-order valence-electron chi connectivity index (χ0n) is 16.7. The molecule has 2 atom stereocenters. The van der Waals surface area contributed by atoms with Gasteiger partial charge in [-0.25, -0.2) is 4.68 Å². The number of aromatic nitrogens is 4. The van der Waals surface area contributed by atoms with Crippen LogP contribution in [0.3, 0.4) is 0 Å². The molecule has 2 aliphatic heterocycles. The molecule has 3 aliphatic rings. The normalized spacial score (nSPS) is 25.1. The third kappa shape index (κ3) is 3.20. The molecule has 2 aromatic rings. The number of ether oxygens (including phenoxy) is 1. The van der Waals surface area contributed by atoms with E-state index in [1.165, 1.54) is 50.6 Å². The minimum atomic E-state index is 0.0366. The molecule has 150 valence electrons. The fourth-order valence-corrected chi connectivity index (χ4v) is 5.43. The number of para-hydroxylation sites is 1. The van der Waals surface area contributed by atoms with Crippen LogP contribution in [0.15, 0.2) is 24.3 Å². The van der Waals surface area contributed by atoms with Crippen LogP contribution in [0, 0.1) is 0 Å². The van der Waals surface area contributed by atoms with Crippen molar-refractivity contribution in [2.24, 2.45) is 0 Å². The molecule has 1 saturated carbocycles. The smallest absolute Gasteiger partial charge is 0.173 e. The van der Waals surface area contributed by atoms with Crippen molar-refractivity contribution in [3.8, 4) is 5.75 Å². The molecular formula is C21H30N6O. The molecule has 0 bridgehead atoms. The molecule has 0 N–H and O–H groups in total. The van der Waals surface area contributed by atoms with E-state index in [0.717, 1.165) is 31.2 Å². The molecule has 5 rings (SSSR count). The van der Waals surface area contributed by atoms with Gasteiger partial charge in [0.2, 0.25) is 0 Å². The summed E-state index contributed by atoms with van der Waals surface area (Å²) < 4.78 is 7.87. The molecule has 3 heterocycles. The summed E-state index contributed by atoms with van der Waals surface area (Å²) in [5, 5.41) is 13.1. The first-order chi connectivity index (χ1) is 13.8. The van der Waals surface area contributed by atoms with Gasteiger partial charge in [0.15, 0.2) is 5.82 Å². The summed E-state index contributed by atoms with van der Waals surface area (Å²) in [5.74, 6) is 1.89. The van der Waals surface area contributed by atoms with Crippen LogP contribution in [0.1, 0.15) is 62.0 Å². The topological polar surface area (TPSA) is 59.3 Å². The Morgan fingerprint density at radius 1 is 1.00 bits per heavy atom. The summed E-state index contributed by atoms with van der Waals surface area (Å²) in [5.41, 5.74) is 1.17. The molecule has 1 aromatic heterocycles. The molecule has 28 heavy (non-hydrogen) atoms. The minimum Gasteiger partial charge on any atom is -0.496 e. The van der Waals surface area contributed by atoms with Crippen molar-refractivity contribution in [3.63, 3.8) is 0 Å². The molecule has 7 heteroatoms. The van der Waals surface area contributed by atoms with Crippen LogP contribution in [-0.4, -0.2) is 69.3 Å². The van der Waals surface area contributed by atoms with Crippen molar-refractivity contribution in [3.05, 3.63) is 35.7 Å². The Kier molecular flexibility index (Phi) is 5.03. The quantitative estimate of drug-likeness (QED) is 0.792. The SMILES string of the molecule is COc1ccccc1[C@H](c1nnnn1C1CCCC1)N1CCN2CCC[C@@H]2C1. The van der Waals surface area contributed by atoms with Gasteiger partial charge in [-0.05, 0) is 48.7 Å². The van der Waals surface area contributed by atoms with Crippen molar-refractivity contribution in [1.29, 1.82) is 0 Å². The number of nitrogens with zero attached hydrogens (tertiary/aromatic N) is 6. The van der Waals surface area contributed by atoms with E-state index in [1.54, 1.807) is 7.11 Å². The summed E-state index contributed by atoms with van der Waals surface area (Å²) in [7, 11) is 1.75. The average molecular weight is 383 g/mol. The largest absolute Gasteiger partial charge is 0.496 e. The lowest BCUT2D eigenvalue weighted by Crippen LogP contribution is -2.51. The molecule has 1 aromatic carbocycles. The third-order valence-electron chi connectivity index (χ3n) is 6.85. The zero-order chi connectivity index (χ0) is 18.9. The first-order valence-corrected chi connectivity index (χ1v) is 10.7. The lowest BCUT2D eigenvalue weighted by Gasteiger charge is -2.41. The molecule has 1 aliphatic carbocycles. The fraction of sp³-hybridized carbons (Fsp3) is 0.667. The summed E-state index contributed by atoms with van der Waals surface area (Å²) in [4.78, 5) is 5.23. The first-order valence-electron chi connectivity index (χ1n) is 10.7. The second-order valence-corrected chi connectivity index (χ2v) is 8.39. The van der Waals surface area contributed by atoms with Crippen molar-refractivity contribution in [1.82, 2.24) is 30.0 Å². The minimum absolute atomic E-state index is 0.0366. The molecule has 0 radical (unpaired) electrons. The molecule has 0 unspecified atom stereocenters. The van der Waals surface area contributed by atoms with Gasteiger partial charge < -0.3 is 4.74 Å². The number of hydrogen-bond acceptors (Lipinski definition) is 6. The van der Waals surface area contributed by atoms with Gasteiger partial charge in [-0.2, -0.15) is 0 Å². The third-order valence-corrected chi connectivity index (χ3v) is 6.85. The maximum atomic E-state index is 5.75. The highest BCUT2D eigenvalue weighted by molar-refractivity contribution is 5.39. The van der Waals surface area contributed by atoms with Crippen LogP contribution < -0.4 is 4.74 Å². The van der Waals surface area contributed by atoms with Crippen LogP contribution in [0.5, 0.6) is 5.75 Å². The van der Waals surface area contributed by atoms with Gasteiger partial charge in [-0.1, -0.05) is 31.0 Å². The van der Waals surface area contributed by atoms with E-state index in [9.17, 15) is 0 Å². The maximum Gasteiger partial charge on any atom is 0.173 e.